The lowest BCUT2D eigenvalue weighted by molar-refractivity contribution is -0.107. The molecule has 0 aliphatic rings. The van der Waals surface area contributed by atoms with Gasteiger partial charge in [-0.15, -0.1) is 0 Å². The van der Waals surface area contributed by atoms with E-state index in [-0.39, 0.29) is 0 Å². The second-order valence-corrected chi connectivity index (χ2v) is 3.45. The SMILES string of the molecule is CCC=CC=CC=CCCCCCC=O. The largest absolute Gasteiger partial charge is 0.303 e. The Bertz CT molecular complexity index is 211. The first-order chi connectivity index (χ1) is 7.41. The van der Waals surface area contributed by atoms with Crippen LogP contribution in [-0.4, -0.2) is 6.29 Å². The molecule has 0 N–H and O–H groups in total. The van der Waals surface area contributed by atoms with Gasteiger partial charge in [-0.05, 0) is 25.7 Å². The lowest BCUT2D eigenvalue weighted by atomic mass is 10.1. The van der Waals surface area contributed by atoms with Crippen LogP contribution in [0.15, 0.2) is 36.5 Å². The van der Waals surface area contributed by atoms with Crippen molar-refractivity contribution in [3.63, 3.8) is 0 Å². The predicted octanol–water partition coefficient (Wildman–Crippen LogP) is 4.21. The summed E-state index contributed by atoms with van der Waals surface area (Å²) < 4.78 is 0. The summed E-state index contributed by atoms with van der Waals surface area (Å²) in [6.45, 7) is 2.12. The topological polar surface area (TPSA) is 17.1 Å². The molecule has 0 fully saturated rings. The van der Waals surface area contributed by atoms with E-state index in [1.54, 1.807) is 0 Å². The Balaban J connectivity index is 3.27. The maximum Gasteiger partial charge on any atom is 0.119 e. The lowest BCUT2D eigenvalue weighted by Crippen LogP contribution is -1.77. The van der Waals surface area contributed by atoms with Crippen molar-refractivity contribution in [1.82, 2.24) is 0 Å². The molecule has 0 aliphatic heterocycles. The molecule has 0 saturated carbocycles. The molecule has 0 atom stereocenters. The quantitative estimate of drug-likeness (QED) is 0.314. The Labute approximate surface area is 93.6 Å². The van der Waals surface area contributed by atoms with Crippen molar-refractivity contribution in [3.8, 4) is 0 Å². The summed E-state index contributed by atoms with van der Waals surface area (Å²) in [5.74, 6) is 0. The van der Waals surface area contributed by atoms with E-state index in [2.05, 4.69) is 37.3 Å². The lowest BCUT2D eigenvalue weighted by Gasteiger charge is -1.92. The van der Waals surface area contributed by atoms with Gasteiger partial charge in [-0.3, -0.25) is 0 Å². The van der Waals surface area contributed by atoms with Crippen molar-refractivity contribution in [2.75, 3.05) is 0 Å². The minimum Gasteiger partial charge on any atom is -0.303 e. The van der Waals surface area contributed by atoms with Gasteiger partial charge in [0.25, 0.3) is 0 Å². The molecule has 0 radical (unpaired) electrons. The number of carbonyl (C=O) groups is 1. The van der Waals surface area contributed by atoms with Crippen LogP contribution < -0.4 is 0 Å². The molecule has 0 bridgehead atoms. The molecule has 1 heteroatoms. The first kappa shape index (κ1) is 13.9. The molecule has 0 aromatic heterocycles. The molecular weight excluding hydrogens is 184 g/mol. The summed E-state index contributed by atoms with van der Waals surface area (Å²) >= 11 is 0. The number of rotatable bonds is 9. The van der Waals surface area contributed by atoms with E-state index in [4.69, 9.17) is 0 Å². The third-order valence-corrected chi connectivity index (χ3v) is 2.03. The summed E-state index contributed by atoms with van der Waals surface area (Å²) in [6.07, 6.45) is 19.8. The van der Waals surface area contributed by atoms with E-state index in [9.17, 15) is 4.79 Å². The summed E-state index contributed by atoms with van der Waals surface area (Å²) in [4.78, 5) is 10.0. The monoisotopic (exact) mass is 206 g/mol. The normalized spacial score (nSPS) is 12.1. The van der Waals surface area contributed by atoms with Crippen LogP contribution in [0.4, 0.5) is 0 Å². The van der Waals surface area contributed by atoms with Gasteiger partial charge in [0.1, 0.15) is 6.29 Å². The highest BCUT2D eigenvalue weighted by molar-refractivity contribution is 5.48. The minimum atomic E-state index is 0.714. The Hall–Kier alpha value is -1.11. The number of hydrogen-bond donors (Lipinski definition) is 0. The van der Waals surface area contributed by atoms with Crippen molar-refractivity contribution >= 4 is 6.29 Å². The Morgan fingerprint density at radius 3 is 2.13 bits per heavy atom. The van der Waals surface area contributed by atoms with Gasteiger partial charge in [-0.1, -0.05) is 49.8 Å². The molecule has 0 unspecified atom stereocenters. The fourth-order valence-electron chi connectivity index (χ4n) is 1.18. The standard InChI is InChI=1S/C14H22O/c1-2-3-4-5-6-7-8-9-10-11-12-13-14-15/h3-8,14H,2,9-13H2,1H3. The summed E-state index contributed by atoms with van der Waals surface area (Å²) in [7, 11) is 0. The molecule has 15 heavy (non-hydrogen) atoms. The Kier molecular flexibility index (Phi) is 11.9. The van der Waals surface area contributed by atoms with Gasteiger partial charge in [-0.25, -0.2) is 0 Å². The average Bonchev–Trinajstić information content (AvgIpc) is 2.26. The number of carbonyl (C=O) groups excluding carboxylic acids is 1. The van der Waals surface area contributed by atoms with Crippen molar-refractivity contribution in [1.29, 1.82) is 0 Å². The van der Waals surface area contributed by atoms with Gasteiger partial charge in [0.05, 0.1) is 0 Å². The molecule has 0 aliphatic carbocycles. The van der Waals surface area contributed by atoms with Gasteiger partial charge in [0.15, 0.2) is 0 Å². The van der Waals surface area contributed by atoms with Crippen LogP contribution in [0.1, 0.15) is 45.4 Å². The van der Waals surface area contributed by atoms with Crippen LogP contribution in [-0.2, 0) is 4.79 Å². The van der Waals surface area contributed by atoms with Crippen LogP contribution in [0.3, 0.4) is 0 Å². The zero-order valence-electron chi connectivity index (χ0n) is 9.69. The average molecular weight is 206 g/mol. The van der Waals surface area contributed by atoms with Gasteiger partial charge in [-0.2, -0.15) is 0 Å². The highest BCUT2D eigenvalue weighted by Crippen LogP contribution is 2.02. The van der Waals surface area contributed by atoms with E-state index in [0.717, 1.165) is 32.0 Å². The maximum absolute atomic E-state index is 10.0. The molecule has 0 aromatic rings. The third kappa shape index (κ3) is 12.9. The molecule has 1 nitrogen and oxygen atoms in total. The fourth-order valence-corrected chi connectivity index (χ4v) is 1.18. The van der Waals surface area contributed by atoms with Crippen LogP contribution in [0.25, 0.3) is 0 Å². The van der Waals surface area contributed by atoms with E-state index in [1.165, 1.54) is 6.42 Å². The summed E-state index contributed by atoms with van der Waals surface area (Å²) in [6, 6.07) is 0. The van der Waals surface area contributed by atoms with Gasteiger partial charge in [0.2, 0.25) is 0 Å². The Morgan fingerprint density at radius 1 is 0.800 bits per heavy atom. The first-order valence-electron chi connectivity index (χ1n) is 5.83. The maximum atomic E-state index is 10.0. The molecule has 0 aromatic carbocycles. The molecule has 0 amide bonds. The number of allylic oxidation sites excluding steroid dienone is 6. The van der Waals surface area contributed by atoms with Crippen LogP contribution in [0.2, 0.25) is 0 Å². The highest BCUT2D eigenvalue weighted by Gasteiger charge is 1.85. The number of unbranched alkanes of at least 4 members (excludes halogenated alkanes) is 4. The van der Waals surface area contributed by atoms with Gasteiger partial charge < -0.3 is 4.79 Å². The van der Waals surface area contributed by atoms with Crippen LogP contribution in [0, 0.1) is 0 Å². The zero-order valence-corrected chi connectivity index (χ0v) is 9.69. The number of aldehydes is 1. The van der Waals surface area contributed by atoms with E-state index < -0.39 is 0 Å². The predicted molar refractivity (Wildman–Crippen MR) is 66.9 cm³/mol. The fraction of sp³-hybridized carbons (Fsp3) is 0.500. The van der Waals surface area contributed by atoms with Crippen LogP contribution in [0.5, 0.6) is 0 Å². The second-order valence-electron chi connectivity index (χ2n) is 3.45. The molecular formula is C14H22O. The molecule has 0 spiro atoms. The highest BCUT2D eigenvalue weighted by atomic mass is 16.1. The third-order valence-electron chi connectivity index (χ3n) is 2.03. The van der Waals surface area contributed by atoms with E-state index in [1.807, 2.05) is 6.08 Å². The summed E-state index contributed by atoms with van der Waals surface area (Å²) in [5, 5.41) is 0. The minimum absolute atomic E-state index is 0.714. The van der Waals surface area contributed by atoms with Crippen molar-refractivity contribution in [2.24, 2.45) is 0 Å². The molecule has 0 rings (SSSR count). The van der Waals surface area contributed by atoms with Crippen molar-refractivity contribution in [3.05, 3.63) is 36.5 Å². The smallest absolute Gasteiger partial charge is 0.119 e. The first-order valence-corrected chi connectivity index (χ1v) is 5.83. The second kappa shape index (κ2) is 12.9. The van der Waals surface area contributed by atoms with E-state index >= 15 is 0 Å². The molecule has 0 saturated heterocycles. The zero-order chi connectivity index (χ0) is 11.2. The van der Waals surface area contributed by atoms with Gasteiger partial charge >= 0.3 is 0 Å². The Morgan fingerprint density at radius 2 is 1.47 bits per heavy atom. The van der Waals surface area contributed by atoms with Crippen molar-refractivity contribution in [2.45, 2.75) is 45.4 Å². The molecule has 84 valence electrons. The number of hydrogen-bond acceptors (Lipinski definition) is 1. The van der Waals surface area contributed by atoms with Gasteiger partial charge in [0, 0.05) is 6.42 Å². The van der Waals surface area contributed by atoms with Crippen LogP contribution >= 0.6 is 0 Å². The summed E-state index contributed by atoms with van der Waals surface area (Å²) in [5.41, 5.74) is 0. The molecule has 0 heterocycles. The van der Waals surface area contributed by atoms with E-state index in [0.29, 0.717) is 6.42 Å². The van der Waals surface area contributed by atoms with Crippen molar-refractivity contribution < 1.29 is 4.79 Å².